The van der Waals surface area contributed by atoms with Gasteiger partial charge in [0.2, 0.25) is 5.91 Å². The molecule has 10 nitrogen and oxygen atoms in total. The molecule has 176 valence electrons. The third-order valence-corrected chi connectivity index (χ3v) is 5.52. The number of amides is 1. The van der Waals surface area contributed by atoms with Crippen molar-refractivity contribution in [3.63, 3.8) is 0 Å². The summed E-state index contributed by atoms with van der Waals surface area (Å²) in [5.41, 5.74) is 1.44. The van der Waals surface area contributed by atoms with Crippen molar-refractivity contribution in [1.82, 2.24) is 25.1 Å². The lowest BCUT2D eigenvalue weighted by Crippen LogP contribution is -2.28. The first kappa shape index (κ1) is 24.4. The largest absolute Gasteiger partial charge is 0.369 e. The van der Waals surface area contributed by atoms with Crippen LogP contribution in [-0.4, -0.2) is 48.9 Å². The number of nitrogens with zero attached hydrogens (tertiary/aromatic N) is 5. The number of benzene rings is 1. The summed E-state index contributed by atoms with van der Waals surface area (Å²) in [5, 5.41) is 23.4. The number of carbonyl (C=O) groups excluding carboxylic acids is 1. The van der Waals surface area contributed by atoms with Gasteiger partial charge in [0.1, 0.15) is 5.82 Å². The minimum atomic E-state index is -0.462. The molecule has 0 unspecified atom stereocenters. The molecule has 0 bridgehead atoms. The number of non-ortho nitro benzene ring substituents is 1. The zero-order chi connectivity index (χ0) is 24.0. The van der Waals surface area contributed by atoms with Crippen LogP contribution in [-0.2, 0) is 17.8 Å². The lowest BCUT2D eigenvalue weighted by molar-refractivity contribution is -0.384. The Morgan fingerprint density at radius 2 is 1.91 bits per heavy atom. The summed E-state index contributed by atoms with van der Waals surface area (Å²) in [5.74, 6) is 1.08. The lowest BCUT2D eigenvalue weighted by atomic mass is 10.1. The van der Waals surface area contributed by atoms with Crippen molar-refractivity contribution in [2.24, 2.45) is 5.92 Å². The minimum absolute atomic E-state index is 0.00367. The van der Waals surface area contributed by atoms with E-state index in [9.17, 15) is 14.9 Å². The Labute approximate surface area is 196 Å². The Morgan fingerprint density at radius 1 is 1.18 bits per heavy atom. The summed E-state index contributed by atoms with van der Waals surface area (Å²) < 4.78 is 1.77. The van der Waals surface area contributed by atoms with Crippen LogP contribution >= 0.6 is 11.8 Å². The summed E-state index contributed by atoms with van der Waals surface area (Å²) in [6.07, 6.45) is 1.90. The Bertz CT molecular complexity index is 1110. The highest BCUT2D eigenvalue weighted by atomic mass is 32.2. The van der Waals surface area contributed by atoms with E-state index in [1.807, 2.05) is 0 Å². The fourth-order valence-electron chi connectivity index (χ4n) is 3.08. The van der Waals surface area contributed by atoms with Crippen LogP contribution in [0.15, 0.2) is 35.6 Å². The molecular weight excluding hydrogens is 442 g/mol. The average molecular weight is 472 g/mol. The van der Waals surface area contributed by atoms with Crippen LogP contribution in [0, 0.1) is 16.0 Å². The molecule has 0 saturated carbocycles. The second-order valence-electron chi connectivity index (χ2n) is 8.35. The summed E-state index contributed by atoms with van der Waals surface area (Å²) in [6, 6.07) is 5.98. The van der Waals surface area contributed by atoms with Crippen LogP contribution in [0.2, 0.25) is 0 Å². The number of nitro groups is 1. The predicted octanol–water partition coefficient (Wildman–Crippen LogP) is 3.66. The second kappa shape index (κ2) is 11.1. The van der Waals surface area contributed by atoms with Gasteiger partial charge in [0.15, 0.2) is 10.8 Å². The van der Waals surface area contributed by atoms with Crippen molar-refractivity contribution in [1.29, 1.82) is 0 Å². The van der Waals surface area contributed by atoms with Gasteiger partial charge < -0.3 is 10.6 Å². The molecule has 3 rings (SSSR count). The highest BCUT2D eigenvalue weighted by molar-refractivity contribution is 7.99. The third kappa shape index (κ3) is 6.88. The van der Waals surface area contributed by atoms with Gasteiger partial charge in [-0.1, -0.05) is 51.6 Å². The summed E-state index contributed by atoms with van der Waals surface area (Å²) in [6.45, 7) is 10.1. The van der Waals surface area contributed by atoms with Crippen LogP contribution in [0.3, 0.4) is 0 Å². The Kier molecular flexibility index (Phi) is 8.21. The van der Waals surface area contributed by atoms with Crippen LogP contribution in [0.5, 0.6) is 0 Å². The van der Waals surface area contributed by atoms with Crippen molar-refractivity contribution in [2.45, 2.75) is 51.1 Å². The first-order chi connectivity index (χ1) is 15.7. The third-order valence-electron chi connectivity index (χ3n) is 4.65. The summed E-state index contributed by atoms with van der Waals surface area (Å²) >= 11 is 1.59. The van der Waals surface area contributed by atoms with Crippen LogP contribution < -0.4 is 10.6 Å². The topological polar surface area (TPSA) is 128 Å². The smallest absolute Gasteiger partial charge is 0.269 e. The van der Waals surface area contributed by atoms with Gasteiger partial charge in [0.25, 0.3) is 5.69 Å². The molecule has 0 spiro atoms. The standard InChI is InChI=1S/C22H29N7O3S/c1-14(2)12-24-20-18-13-25-28(21(18)27-22(26-20)33-15(3)4)10-9-23-19(30)11-16-5-7-17(8-6-16)29(31)32/h5-8,13-15H,9-12H2,1-4H3,(H,23,30)(H,24,26,27). The number of anilines is 1. The minimum Gasteiger partial charge on any atom is -0.369 e. The molecule has 1 amide bonds. The first-order valence-electron chi connectivity index (χ1n) is 10.9. The number of carbonyl (C=O) groups is 1. The van der Waals surface area contributed by atoms with Gasteiger partial charge in [-0.2, -0.15) is 5.10 Å². The number of nitro benzene ring substituents is 1. The molecule has 0 aliphatic carbocycles. The van der Waals surface area contributed by atoms with Crippen molar-refractivity contribution in [3.8, 4) is 0 Å². The van der Waals surface area contributed by atoms with E-state index in [1.165, 1.54) is 12.1 Å². The van der Waals surface area contributed by atoms with E-state index in [2.05, 4.69) is 48.4 Å². The van der Waals surface area contributed by atoms with Crippen molar-refractivity contribution < 1.29 is 9.72 Å². The van der Waals surface area contributed by atoms with E-state index in [0.717, 1.165) is 23.4 Å². The second-order valence-corrected chi connectivity index (χ2v) is 9.90. The highest BCUT2D eigenvalue weighted by Gasteiger charge is 2.15. The average Bonchev–Trinajstić information content (AvgIpc) is 3.15. The van der Waals surface area contributed by atoms with Gasteiger partial charge in [0.05, 0.1) is 29.5 Å². The molecule has 0 atom stereocenters. The Balaban J connectivity index is 1.66. The van der Waals surface area contributed by atoms with E-state index < -0.39 is 4.92 Å². The van der Waals surface area contributed by atoms with Gasteiger partial charge >= 0.3 is 0 Å². The maximum Gasteiger partial charge on any atom is 0.269 e. The first-order valence-corrected chi connectivity index (χ1v) is 11.7. The van der Waals surface area contributed by atoms with Gasteiger partial charge in [0, 0.05) is 30.5 Å². The van der Waals surface area contributed by atoms with E-state index in [0.29, 0.717) is 35.0 Å². The van der Waals surface area contributed by atoms with Gasteiger partial charge in [-0.25, -0.2) is 14.6 Å². The van der Waals surface area contributed by atoms with E-state index in [4.69, 9.17) is 4.98 Å². The molecule has 2 aromatic heterocycles. The van der Waals surface area contributed by atoms with E-state index in [1.54, 1.807) is 34.8 Å². The molecule has 11 heteroatoms. The molecule has 3 aromatic rings. The fourth-order valence-corrected chi connectivity index (χ4v) is 3.79. The normalized spacial score (nSPS) is 11.3. The number of rotatable bonds is 11. The van der Waals surface area contributed by atoms with Crippen LogP contribution in [0.25, 0.3) is 11.0 Å². The molecule has 33 heavy (non-hydrogen) atoms. The monoisotopic (exact) mass is 471 g/mol. The zero-order valence-corrected chi connectivity index (χ0v) is 20.1. The molecule has 0 aliphatic heterocycles. The van der Waals surface area contributed by atoms with E-state index in [-0.39, 0.29) is 18.0 Å². The Morgan fingerprint density at radius 3 is 2.55 bits per heavy atom. The Hall–Kier alpha value is -3.21. The van der Waals surface area contributed by atoms with Crippen molar-refractivity contribution in [2.75, 3.05) is 18.4 Å². The molecule has 2 heterocycles. The van der Waals surface area contributed by atoms with Gasteiger partial charge in [-0.3, -0.25) is 14.9 Å². The molecule has 0 saturated heterocycles. The maximum absolute atomic E-state index is 12.3. The molecule has 2 N–H and O–H groups in total. The van der Waals surface area contributed by atoms with Crippen molar-refractivity contribution >= 4 is 40.2 Å². The predicted molar refractivity (Wildman–Crippen MR) is 129 cm³/mol. The number of thioether (sulfide) groups is 1. The quantitative estimate of drug-likeness (QED) is 0.188. The van der Waals surface area contributed by atoms with Crippen molar-refractivity contribution in [3.05, 3.63) is 46.1 Å². The summed E-state index contributed by atoms with van der Waals surface area (Å²) in [7, 11) is 0. The SMILES string of the molecule is CC(C)CNc1nc(SC(C)C)nc2c1cnn2CCNC(=O)Cc1ccc([N+](=O)[O-])cc1. The number of hydrogen-bond acceptors (Lipinski definition) is 8. The lowest BCUT2D eigenvalue weighted by Gasteiger charge is -2.12. The van der Waals surface area contributed by atoms with E-state index >= 15 is 0 Å². The van der Waals surface area contributed by atoms with Gasteiger partial charge in [-0.05, 0) is 11.5 Å². The van der Waals surface area contributed by atoms with Gasteiger partial charge in [-0.15, -0.1) is 0 Å². The maximum atomic E-state index is 12.3. The summed E-state index contributed by atoms with van der Waals surface area (Å²) in [4.78, 5) is 31.9. The van der Waals surface area contributed by atoms with Crippen LogP contribution in [0.1, 0.15) is 33.3 Å². The molecule has 0 radical (unpaired) electrons. The molecule has 0 aliphatic rings. The number of fused-ring (bicyclic) bond motifs is 1. The number of aromatic nitrogens is 4. The van der Waals surface area contributed by atoms with Crippen LogP contribution in [0.4, 0.5) is 11.5 Å². The fraction of sp³-hybridized carbons (Fsp3) is 0.455. The number of nitrogens with one attached hydrogen (secondary N) is 2. The molecular formula is C22H29N7O3S. The molecule has 0 fully saturated rings. The molecule has 1 aromatic carbocycles. The zero-order valence-electron chi connectivity index (χ0n) is 19.2. The number of hydrogen-bond donors (Lipinski definition) is 2. The highest BCUT2D eigenvalue weighted by Crippen LogP contribution is 2.26.